The van der Waals surface area contributed by atoms with E-state index in [2.05, 4.69) is 26.4 Å². The number of amidine groups is 1. The third-order valence-electron chi connectivity index (χ3n) is 2.77. The van der Waals surface area contributed by atoms with Crippen molar-refractivity contribution in [1.29, 1.82) is 0 Å². The van der Waals surface area contributed by atoms with E-state index in [0.29, 0.717) is 22.3 Å². The Hall–Kier alpha value is -2.08. The van der Waals surface area contributed by atoms with Crippen molar-refractivity contribution in [3.63, 3.8) is 0 Å². The summed E-state index contributed by atoms with van der Waals surface area (Å²) in [6.07, 6.45) is 0. The quantitative estimate of drug-likeness (QED) is 0.347. The lowest BCUT2D eigenvalue weighted by molar-refractivity contribution is 0.318. The van der Waals surface area contributed by atoms with E-state index < -0.39 is 0 Å². The molecule has 0 spiro atoms. The van der Waals surface area contributed by atoms with Crippen molar-refractivity contribution in [2.45, 2.75) is 6.54 Å². The maximum Gasteiger partial charge on any atom is 0.170 e. The predicted molar refractivity (Wildman–Crippen MR) is 80.4 cm³/mol. The monoisotopic (exact) mass is 337 g/mol. The van der Waals surface area contributed by atoms with Crippen LogP contribution in [0.1, 0.15) is 11.1 Å². The van der Waals surface area contributed by atoms with Crippen LogP contribution in [0.25, 0.3) is 0 Å². The maximum absolute atomic E-state index is 13.6. The zero-order chi connectivity index (χ0) is 14.5. The lowest BCUT2D eigenvalue weighted by Gasteiger charge is -2.08. The average molecular weight is 338 g/mol. The van der Waals surface area contributed by atoms with E-state index >= 15 is 0 Å². The van der Waals surface area contributed by atoms with Crippen LogP contribution in [0, 0.1) is 5.82 Å². The molecule has 0 saturated heterocycles. The van der Waals surface area contributed by atoms with Crippen LogP contribution in [0.2, 0.25) is 0 Å². The van der Waals surface area contributed by atoms with Crippen LogP contribution < -0.4 is 11.1 Å². The number of nitrogens with two attached hydrogens (primary N) is 1. The normalized spacial score (nSPS) is 11.4. The highest BCUT2D eigenvalue weighted by Gasteiger charge is 2.03. The molecule has 0 fully saturated rings. The second kappa shape index (κ2) is 6.38. The molecule has 0 heterocycles. The Morgan fingerprint density at radius 3 is 2.55 bits per heavy atom. The highest BCUT2D eigenvalue weighted by Crippen LogP contribution is 2.20. The lowest BCUT2D eigenvalue weighted by Crippen LogP contribution is -2.13. The van der Waals surface area contributed by atoms with E-state index in [-0.39, 0.29) is 11.7 Å². The summed E-state index contributed by atoms with van der Waals surface area (Å²) in [5.74, 6) is -0.254. The fourth-order valence-corrected chi connectivity index (χ4v) is 2.01. The summed E-state index contributed by atoms with van der Waals surface area (Å²) >= 11 is 3.21. The van der Waals surface area contributed by atoms with Gasteiger partial charge in [0, 0.05) is 16.6 Å². The summed E-state index contributed by atoms with van der Waals surface area (Å²) in [5.41, 5.74) is 7.50. The van der Waals surface area contributed by atoms with Crippen LogP contribution in [0.5, 0.6) is 0 Å². The summed E-state index contributed by atoms with van der Waals surface area (Å²) in [7, 11) is 0. The van der Waals surface area contributed by atoms with Crippen molar-refractivity contribution in [2.75, 3.05) is 5.32 Å². The Bertz CT molecular complexity index is 629. The predicted octanol–water partition coefficient (Wildman–Crippen LogP) is 3.29. The highest BCUT2D eigenvalue weighted by atomic mass is 79.9. The first-order valence-corrected chi connectivity index (χ1v) is 6.65. The van der Waals surface area contributed by atoms with Gasteiger partial charge in [-0.2, -0.15) is 0 Å². The van der Waals surface area contributed by atoms with Gasteiger partial charge < -0.3 is 16.3 Å². The molecule has 2 aromatic rings. The zero-order valence-electron chi connectivity index (χ0n) is 10.5. The molecule has 4 N–H and O–H groups in total. The Morgan fingerprint density at radius 1 is 1.25 bits per heavy atom. The minimum absolute atomic E-state index is 0.0588. The molecule has 0 saturated carbocycles. The van der Waals surface area contributed by atoms with Gasteiger partial charge in [0.25, 0.3) is 0 Å². The first-order valence-electron chi connectivity index (χ1n) is 5.86. The summed E-state index contributed by atoms with van der Waals surface area (Å²) in [4.78, 5) is 0. The van der Waals surface area contributed by atoms with Crippen molar-refractivity contribution >= 4 is 27.5 Å². The molecule has 2 aromatic carbocycles. The number of halogens is 2. The van der Waals surface area contributed by atoms with Crippen LogP contribution in [0.3, 0.4) is 0 Å². The SMILES string of the molecule is NC(=NO)c1ccc(CNc2ccc(Br)cc2F)cc1. The molecule has 0 amide bonds. The third kappa shape index (κ3) is 3.48. The lowest BCUT2D eigenvalue weighted by atomic mass is 10.1. The minimum Gasteiger partial charge on any atom is -0.409 e. The van der Waals surface area contributed by atoms with E-state index in [4.69, 9.17) is 10.9 Å². The van der Waals surface area contributed by atoms with Crippen LogP contribution >= 0.6 is 15.9 Å². The number of nitrogens with one attached hydrogen (secondary N) is 1. The van der Waals surface area contributed by atoms with Gasteiger partial charge in [-0.05, 0) is 23.8 Å². The van der Waals surface area contributed by atoms with E-state index in [1.807, 2.05) is 12.1 Å². The largest absolute Gasteiger partial charge is 0.409 e. The van der Waals surface area contributed by atoms with Gasteiger partial charge in [-0.1, -0.05) is 45.4 Å². The van der Waals surface area contributed by atoms with Gasteiger partial charge in [-0.15, -0.1) is 0 Å². The zero-order valence-corrected chi connectivity index (χ0v) is 12.1. The second-order valence-corrected chi connectivity index (χ2v) is 5.08. The molecular formula is C14H13BrFN3O. The first kappa shape index (κ1) is 14.3. The molecule has 20 heavy (non-hydrogen) atoms. The van der Waals surface area contributed by atoms with Gasteiger partial charge in [0.2, 0.25) is 0 Å². The number of benzene rings is 2. The third-order valence-corrected chi connectivity index (χ3v) is 3.26. The molecule has 0 aliphatic heterocycles. The van der Waals surface area contributed by atoms with Gasteiger partial charge >= 0.3 is 0 Å². The van der Waals surface area contributed by atoms with Gasteiger partial charge in [0.15, 0.2) is 5.84 Å². The van der Waals surface area contributed by atoms with Crippen molar-refractivity contribution in [3.8, 4) is 0 Å². The minimum atomic E-state index is -0.312. The Balaban J connectivity index is 2.04. The molecule has 0 aromatic heterocycles. The van der Waals surface area contributed by atoms with Gasteiger partial charge in [0.05, 0.1) is 5.69 Å². The summed E-state index contributed by atoms with van der Waals surface area (Å²) in [6, 6.07) is 12.0. The Kier molecular flexibility index (Phi) is 4.57. The molecule has 0 unspecified atom stereocenters. The van der Waals surface area contributed by atoms with E-state index in [1.54, 1.807) is 24.3 Å². The molecule has 0 bridgehead atoms. The Labute approximate surface area is 124 Å². The van der Waals surface area contributed by atoms with E-state index in [1.165, 1.54) is 6.07 Å². The van der Waals surface area contributed by atoms with Crippen LogP contribution in [0.4, 0.5) is 10.1 Å². The molecule has 6 heteroatoms. The summed E-state index contributed by atoms with van der Waals surface area (Å²) in [6.45, 7) is 0.481. The van der Waals surface area contributed by atoms with Gasteiger partial charge in [-0.25, -0.2) is 4.39 Å². The first-order chi connectivity index (χ1) is 9.60. The number of anilines is 1. The molecule has 2 rings (SSSR count). The Morgan fingerprint density at radius 2 is 1.95 bits per heavy atom. The number of nitrogens with zero attached hydrogens (tertiary/aromatic N) is 1. The molecule has 0 aliphatic rings. The maximum atomic E-state index is 13.6. The summed E-state index contributed by atoms with van der Waals surface area (Å²) < 4.78 is 14.3. The van der Waals surface area contributed by atoms with Crippen LogP contribution in [0.15, 0.2) is 52.1 Å². The number of hydrogen-bond acceptors (Lipinski definition) is 3. The molecular weight excluding hydrogens is 325 g/mol. The molecule has 0 atom stereocenters. The fourth-order valence-electron chi connectivity index (χ4n) is 1.68. The average Bonchev–Trinajstić information content (AvgIpc) is 2.46. The van der Waals surface area contributed by atoms with E-state index in [9.17, 15) is 4.39 Å². The van der Waals surface area contributed by atoms with Crippen molar-refractivity contribution < 1.29 is 9.60 Å². The van der Waals surface area contributed by atoms with Crippen LogP contribution in [-0.2, 0) is 6.54 Å². The number of oxime groups is 1. The van der Waals surface area contributed by atoms with E-state index in [0.717, 1.165) is 5.56 Å². The molecule has 4 nitrogen and oxygen atoms in total. The molecule has 0 aliphatic carbocycles. The van der Waals surface area contributed by atoms with Gasteiger partial charge in [0.1, 0.15) is 5.82 Å². The molecule has 0 radical (unpaired) electrons. The standard InChI is InChI=1S/C14H13BrFN3O/c15-11-5-6-13(12(16)7-11)18-8-9-1-3-10(4-2-9)14(17)19-20/h1-7,18,20H,8H2,(H2,17,19). The molecule has 104 valence electrons. The van der Waals surface area contributed by atoms with Crippen molar-refractivity contribution in [1.82, 2.24) is 0 Å². The van der Waals surface area contributed by atoms with Crippen LogP contribution in [-0.4, -0.2) is 11.0 Å². The van der Waals surface area contributed by atoms with Crippen molar-refractivity contribution in [3.05, 3.63) is 63.9 Å². The number of hydrogen-bond donors (Lipinski definition) is 3. The van der Waals surface area contributed by atoms with Crippen molar-refractivity contribution in [2.24, 2.45) is 10.9 Å². The van der Waals surface area contributed by atoms with Gasteiger partial charge in [-0.3, -0.25) is 0 Å². The number of rotatable bonds is 4. The highest BCUT2D eigenvalue weighted by molar-refractivity contribution is 9.10. The second-order valence-electron chi connectivity index (χ2n) is 4.16. The fraction of sp³-hybridized carbons (Fsp3) is 0.0714. The summed E-state index contributed by atoms with van der Waals surface area (Å²) in [5, 5.41) is 14.5. The smallest absolute Gasteiger partial charge is 0.170 e. The topological polar surface area (TPSA) is 70.6 Å².